The van der Waals surface area contributed by atoms with E-state index in [9.17, 15) is 4.79 Å². The predicted molar refractivity (Wildman–Crippen MR) is 105 cm³/mol. The number of aromatic nitrogens is 4. The zero-order valence-corrected chi connectivity index (χ0v) is 17.1. The van der Waals surface area contributed by atoms with Crippen LogP contribution in [0.4, 0.5) is 0 Å². The zero-order chi connectivity index (χ0) is 20.8. The number of amides is 1. The standard InChI is InChI=1S/C19H28N6O4/c1-27-11-10-25-19(21-22-23-25)17(24-8-6-13(7-9-24)18(20)26)15-5-4-14(28-2)12-16(15)29-3/h4-5,12-13,17H,6-11H2,1-3H3,(H2,20,26)/t17-/m0/s1. The van der Waals surface area contributed by atoms with Crippen molar-refractivity contribution >= 4 is 5.91 Å². The van der Waals surface area contributed by atoms with Gasteiger partial charge in [-0.3, -0.25) is 9.69 Å². The van der Waals surface area contributed by atoms with Gasteiger partial charge in [0.2, 0.25) is 5.91 Å². The molecule has 0 bridgehead atoms. The van der Waals surface area contributed by atoms with Gasteiger partial charge in [-0.1, -0.05) is 0 Å². The van der Waals surface area contributed by atoms with E-state index in [0.717, 1.165) is 5.56 Å². The molecule has 1 aliphatic rings. The fraction of sp³-hybridized carbons (Fsp3) is 0.579. The van der Waals surface area contributed by atoms with E-state index in [4.69, 9.17) is 19.9 Å². The van der Waals surface area contributed by atoms with E-state index in [-0.39, 0.29) is 17.9 Å². The Morgan fingerprint density at radius 3 is 2.62 bits per heavy atom. The summed E-state index contributed by atoms with van der Waals surface area (Å²) >= 11 is 0. The molecule has 0 saturated carbocycles. The molecule has 10 heteroatoms. The molecule has 10 nitrogen and oxygen atoms in total. The molecule has 0 spiro atoms. The SMILES string of the molecule is COCCn1nnnc1[C@H](c1ccc(OC)cc1OC)N1CCC(C(N)=O)CC1. The highest BCUT2D eigenvalue weighted by Gasteiger charge is 2.34. The number of nitrogens with two attached hydrogens (primary N) is 1. The van der Waals surface area contributed by atoms with Gasteiger partial charge in [-0.15, -0.1) is 5.10 Å². The second-order valence-corrected chi connectivity index (χ2v) is 6.98. The zero-order valence-electron chi connectivity index (χ0n) is 17.1. The number of hydrogen-bond acceptors (Lipinski definition) is 8. The van der Waals surface area contributed by atoms with Crippen LogP contribution in [0.2, 0.25) is 0 Å². The predicted octanol–water partition coefficient (Wildman–Crippen LogP) is 0.623. The number of primary amides is 1. The Balaban J connectivity index is 1.99. The second kappa shape index (κ2) is 9.66. The Morgan fingerprint density at radius 1 is 1.24 bits per heavy atom. The summed E-state index contributed by atoms with van der Waals surface area (Å²) in [5.41, 5.74) is 6.44. The molecule has 1 saturated heterocycles. The minimum absolute atomic E-state index is 0.103. The topological polar surface area (TPSA) is 118 Å². The first-order valence-electron chi connectivity index (χ1n) is 9.59. The molecule has 2 aromatic rings. The largest absolute Gasteiger partial charge is 0.497 e. The summed E-state index contributed by atoms with van der Waals surface area (Å²) < 4.78 is 17.9. The molecule has 2 N–H and O–H groups in total. The Kier molecular flexibility index (Phi) is 6.99. The summed E-state index contributed by atoms with van der Waals surface area (Å²) in [5.74, 6) is 1.74. The van der Waals surface area contributed by atoms with Gasteiger partial charge < -0.3 is 19.9 Å². The number of hydrogen-bond donors (Lipinski definition) is 1. The minimum atomic E-state index is -0.242. The number of tetrazole rings is 1. The number of benzene rings is 1. The van der Waals surface area contributed by atoms with Crippen LogP contribution in [0.1, 0.15) is 30.3 Å². The van der Waals surface area contributed by atoms with E-state index in [0.29, 0.717) is 56.4 Å². The van der Waals surface area contributed by atoms with Crippen LogP contribution in [0.3, 0.4) is 0 Å². The van der Waals surface area contributed by atoms with Crippen LogP contribution >= 0.6 is 0 Å². The quantitative estimate of drug-likeness (QED) is 0.646. The average Bonchev–Trinajstić information content (AvgIpc) is 3.21. The third-order valence-electron chi connectivity index (χ3n) is 5.34. The van der Waals surface area contributed by atoms with Crippen LogP contribution in [0, 0.1) is 5.92 Å². The maximum Gasteiger partial charge on any atom is 0.220 e. The molecule has 1 fully saturated rings. The number of carbonyl (C=O) groups excluding carboxylic acids is 1. The van der Waals surface area contributed by atoms with Crippen molar-refractivity contribution in [1.82, 2.24) is 25.1 Å². The Hall–Kier alpha value is -2.72. The highest BCUT2D eigenvalue weighted by molar-refractivity contribution is 5.76. The maximum atomic E-state index is 11.6. The van der Waals surface area contributed by atoms with Crippen molar-refractivity contribution in [3.63, 3.8) is 0 Å². The first-order valence-corrected chi connectivity index (χ1v) is 9.59. The van der Waals surface area contributed by atoms with Gasteiger partial charge >= 0.3 is 0 Å². The molecule has 1 amide bonds. The van der Waals surface area contributed by atoms with Crippen LogP contribution in [-0.4, -0.2) is 72.0 Å². The van der Waals surface area contributed by atoms with E-state index >= 15 is 0 Å². The molecular weight excluding hydrogens is 376 g/mol. The number of piperidine rings is 1. The van der Waals surface area contributed by atoms with Crippen LogP contribution < -0.4 is 15.2 Å². The van der Waals surface area contributed by atoms with Crippen molar-refractivity contribution in [3.8, 4) is 11.5 Å². The molecule has 158 valence electrons. The minimum Gasteiger partial charge on any atom is -0.497 e. The monoisotopic (exact) mass is 404 g/mol. The van der Waals surface area contributed by atoms with Crippen molar-refractivity contribution in [2.75, 3.05) is 41.0 Å². The molecule has 29 heavy (non-hydrogen) atoms. The Morgan fingerprint density at radius 2 is 2.00 bits per heavy atom. The van der Waals surface area contributed by atoms with Crippen molar-refractivity contribution in [2.45, 2.75) is 25.4 Å². The third-order valence-corrected chi connectivity index (χ3v) is 5.34. The lowest BCUT2D eigenvalue weighted by Crippen LogP contribution is -2.41. The van der Waals surface area contributed by atoms with Crippen molar-refractivity contribution in [3.05, 3.63) is 29.6 Å². The smallest absolute Gasteiger partial charge is 0.220 e. The van der Waals surface area contributed by atoms with Crippen molar-refractivity contribution in [2.24, 2.45) is 11.7 Å². The fourth-order valence-corrected chi connectivity index (χ4v) is 3.73. The van der Waals surface area contributed by atoms with Gasteiger partial charge in [0.15, 0.2) is 5.82 Å². The van der Waals surface area contributed by atoms with Gasteiger partial charge in [-0.25, -0.2) is 4.68 Å². The highest BCUT2D eigenvalue weighted by atomic mass is 16.5. The maximum absolute atomic E-state index is 11.6. The molecule has 0 unspecified atom stereocenters. The van der Waals surface area contributed by atoms with Gasteiger partial charge in [0, 0.05) is 24.7 Å². The summed E-state index contributed by atoms with van der Waals surface area (Å²) in [4.78, 5) is 13.9. The van der Waals surface area contributed by atoms with E-state index < -0.39 is 0 Å². The summed E-state index contributed by atoms with van der Waals surface area (Å²) in [7, 11) is 4.89. The third kappa shape index (κ3) is 4.65. The van der Waals surface area contributed by atoms with Gasteiger partial charge in [0.05, 0.1) is 27.4 Å². The average molecular weight is 404 g/mol. The number of likely N-dealkylation sites (tertiary alicyclic amines) is 1. The highest BCUT2D eigenvalue weighted by Crippen LogP contribution is 2.37. The number of carbonyl (C=O) groups is 1. The molecule has 3 rings (SSSR count). The molecule has 1 aromatic carbocycles. The molecule has 0 radical (unpaired) electrons. The second-order valence-electron chi connectivity index (χ2n) is 6.98. The summed E-state index contributed by atoms with van der Waals surface area (Å²) in [6, 6.07) is 5.47. The number of methoxy groups -OCH3 is 3. The Labute approximate surface area is 169 Å². The Bertz CT molecular complexity index is 819. The molecule has 1 aliphatic heterocycles. The van der Waals surface area contributed by atoms with E-state index in [1.807, 2.05) is 18.2 Å². The van der Waals surface area contributed by atoms with Gasteiger partial charge in [-0.05, 0) is 48.5 Å². The first kappa shape index (κ1) is 21.0. The lowest BCUT2D eigenvalue weighted by atomic mass is 9.93. The van der Waals surface area contributed by atoms with Gasteiger partial charge in [0.25, 0.3) is 0 Å². The molecule has 1 aromatic heterocycles. The van der Waals surface area contributed by atoms with Crippen molar-refractivity contribution < 1.29 is 19.0 Å². The van der Waals surface area contributed by atoms with Crippen LogP contribution in [-0.2, 0) is 16.1 Å². The number of nitrogens with zero attached hydrogens (tertiary/aromatic N) is 5. The number of rotatable bonds is 9. The molecule has 1 atom stereocenters. The molecular formula is C19H28N6O4. The molecule has 2 heterocycles. The van der Waals surface area contributed by atoms with E-state index in [1.165, 1.54) is 0 Å². The summed E-state index contributed by atoms with van der Waals surface area (Å²) in [5, 5.41) is 12.3. The lowest BCUT2D eigenvalue weighted by Gasteiger charge is -2.36. The van der Waals surface area contributed by atoms with Crippen LogP contribution in [0.25, 0.3) is 0 Å². The van der Waals surface area contributed by atoms with Crippen molar-refractivity contribution in [1.29, 1.82) is 0 Å². The normalized spacial score (nSPS) is 16.5. The fourth-order valence-electron chi connectivity index (χ4n) is 3.73. The van der Waals surface area contributed by atoms with Crippen LogP contribution in [0.5, 0.6) is 11.5 Å². The summed E-state index contributed by atoms with van der Waals surface area (Å²) in [6.07, 6.45) is 1.40. The molecule has 0 aliphatic carbocycles. The number of ether oxygens (including phenoxy) is 3. The van der Waals surface area contributed by atoms with Gasteiger partial charge in [-0.2, -0.15) is 0 Å². The van der Waals surface area contributed by atoms with E-state index in [2.05, 4.69) is 20.4 Å². The summed E-state index contributed by atoms with van der Waals surface area (Å²) in [6.45, 7) is 2.43. The lowest BCUT2D eigenvalue weighted by molar-refractivity contribution is -0.123. The van der Waals surface area contributed by atoms with E-state index in [1.54, 1.807) is 26.0 Å². The first-order chi connectivity index (χ1) is 14.1. The van der Waals surface area contributed by atoms with Gasteiger partial charge in [0.1, 0.15) is 17.5 Å². The van der Waals surface area contributed by atoms with Crippen LogP contribution in [0.15, 0.2) is 18.2 Å².